The van der Waals surface area contributed by atoms with E-state index >= 15 is 0 Å². The molecular weight excluding hydrogens is 774 g/mol. The molecule has 2 saturated carbocycles. The number of nitrogens with one attached hydrogen (secondary N) is 1. The van der Waals surface area contributed by atoms with Gasteiger partial charge in [-0.1, -0.05) is 13.2 Å². The molecule has 0 radical (unpaired) electrons. The summed E-state index contributed by atoms with van der Waals surface area (Å²) in [5, 5.41) is 36.7. The van der Waals surface area contributed by atoms with Gasteiger partial charge in [-0.2, -0.15) is 0 Å². The van der Waals surface area contributed by atoms with Crippen LogP contribution in [0.5, 0.6) is 0 Å². The molecule has 10 fully saturated rings. The number of hydrogen-bond acceptors (Lipinski definition) is 13. The van der Waals surface area contributed by atoms with Crippen LogP contribution in [0.2, 0.25) is 0 Å². The minimum absolute atomic E-state index is 0.00253. The Bertz CT molecular complexity index is 1590. The Morgan fingerprint density at radius 1 is 0.817 bits per heavy atom. The van der Waals surface area contributed by atoms with Crippen LogP contribution in [-0.2, 0) is 47.5 Å². The van der Waals surface area contributed by atoms with E-state index in [-0.39, 0.29) is 104 Å². The summed E-state index contributed by atoms with van der Waals surface area (Å²) in [4.78, 5) is 26.9. The summed E-state index contributed by atoms with van der Waals surface area (Å²) in [5.41, 5.74) is 2.07. The average Bonchev–Trinajstić information content (AvgIpc) is 3.93. The zero-order valence-electron chi connectivity index (χ0n) is 35.5. The summed E-state index contributed by atoms with van der Waals surface area (Å²) in [6, 6.07) is 0. The van der Waals surface area contributed by atoms with Crippen LogP contribution in [0, 0.1) is 23.7 Å². The molecule has 336 valence electrons. The molecule has 0 aromatic rings. The lowest BCUT2D eigenvalue weighted by Crippen LogP contribution is -2.70. The van der Waals surface area contributed by atoms with Gasteiger partial charge >= 0.3 is 0 Å². The molecule has 8 heterocycles. The van der Waals surface area contributed by atoms with E-state index in [0.717, 1.165) is 56.1 Å². The second kappa shape index (κ2) is 18.0. The van der Waals surface area contributed by atoms with Crippen LogP contribution in [-0.4, -0.2) is 145 Å². The fourth-order valence-corrected chi connectivity index (χ4v) is 12.1. The maximum Gasteiger partial charge on any atom is 0.249 e. The number of aliphatic hydroxyl groups excluding tert-OH is 2. The second-order valence-electron chi connectivity index (χ2n) is 19.9. The number of methoxy groups -OCH3 is 2. The minimum Gasteiger partial charge on any atom is -0.393 e. The summed E-state index contributed by atoms with van der Waals surface area (Å²) in [6.45, 7) is 9.01. The van der Waals surface area contributed by atoms with Crippen LogP contribution in [0.15, 0.2) is 24.3 Å². The molecule has 1 amide bonds. The molecule has 8 aliphatic heterocycles. The number of aliphatic hydroxyl groups is 3. The molecule has 60 heavy (non-hydrogen) atoms. The van der Waals surface area contributed by atoms with E-state index < -0.39 is 54.4 Å². The van der Waals surface area contributed by atoms with Crippen LogP contribution >= 0.6 is 0 Å². The van der Waals surface area contributed by atoms with Gasteiger partial charge in [-0.15, -0.1) is 0 Å². The number of amides is 1. The zero-order valence-corrected chi connectivity index (χ0v) is 35.5. The molecule has 11 bridgehead atoms. The van der Waals surface area contributed by atoms with E-state index in [1.165, 1.54) is 0 Å². The van der Waals surface area contributed by atoms with Crippen molar-refractivity contribution < 1.29 is 62.8 Å². The van der Waals surface area contributed by atoms with Gasteiger partial charge in [0.15, 0.2) is 5.79 Å². The monoisotopic (exact) mass is 843 g/mol. The van der Waals surface area contributed by atoms with Gasteiger partial charge in [0.2, 0.25) is 5.91 Å². The zero-order chi connectivity index (χ0) is 41.9. The number of fused-ring (bicyclic) bond motifs is 7. The lowest BCUT2D eigenvalue weighted by atomic mass is 9.61. The number of ether oxygens (including phenoxy) is 8. The molecule has 8 saturated heterocycles. The highest BCUT2D eigenvalue weighted by Gasteiger charge is 2.62. The molecule has 4 N–H and O–H groups in total. The first-order valence-electron chi connectivity index (χ1n) is 23.1. The average molecular weight is 844 g/mol. The summed E-state index contributed by atoms with van der Waals surface area (Å²) in [6.07, 6.45) is 4.68. The fourth-order valence-electron chi connectivity index (χ4n) is 12.1. The lowest BCUT2D eigenvalue weighted by Gasteiger charge is -2.61. The van der Waals surface area contributed by atoms with Crippen LogP contribution in [0.1, 0.15) is 109 Å². The van der Waals surface area contributed by atoms with Crippen molar-refractivity contribution in [2.45, 2.75) is 207 Å². The standard InChI is InChI=1S/C46H69NO13/c1-23-5-8-27-9-11-35-24(2)15-29(56-35)13-14-46(52)21-34(49)31-19-33-41(31)59-36-12-10-28(57-44(36)43(33)60-46)16-26(48)17-32-38(20-37(23)55-27)58-39(42(32)54-4)18-30(53-3)22-47-45(51)40(50)25-6-7-25/h25,27-44,49-50,52H,1-2,5-22H2,3-4H3,(H,47,51)/t27-,28-,29+,30+,31+,32+,33?,34-,35+,36+,37-,38+,39-,40+,41?,42-,43-,44+,46+/m1/s1. The molecule has 10 aliphatic rings. The number of Topliss-reactive ketones (excluding diaryl/α,β-unsaturated/α-hetero) is 1. The SMILES string of the molecule is C=C1C[C@@H]2CC[C@@]3(O)C[C@@H](O)[C@@H]4CC5C4O[C@H]4CC[C@H](CC(=O)C[C@@H]6[C@@H](OC)[C@@H](C[C@@H](CNC(=O)[C@@H](O)C7CC7)OC)O[C@H]6C[C@H]6O[C@H](CCC6=C)CC[C@@H]1O2)O[C@@H]4[C@@H]5O3. The van der Waals surface area contributed by atoms with Gasteiger partial charge in [-0.3, -0.25) is 9.59 Å². The Kier molecular flexibility index (Phi) is 13.0. The second-order valence-corrected chi connectivity index (χ2v) is 19.9. The van der Waals surface area contributed by atoms with E-state index in [1.54, 1.807) is 14.2 Å². The Morgan fingerprint density at radius 3 is 2.38 bits per heavy atom. The molecule has 19 atom stereocenters. The van der Waals surface area contributed by atoms with E-state index in [9.17, 15) is 24.9 Å². The van der Waals surface area contributed by atoms with Crippen molar-refractivity contribution in [2.24, 2.45) is 23.7 Å². The Labute approximate surface area is 354 Å². The summed E-state index contributed by atoms with van der Waals surface area (Å²) < 4.78 is 52.4. The molecule has 0 aromatic heterocycles. The van der Waals surface area contributed by atoms with Crippen molar-refractivity contribution in [1.82, 2.24) is 5.32 Å². The van der Waals surface area contributed by atoms with Gasteiger partial charge in [-0.25, -0.2) is 0 Å². The van der Waals surface area contributed by atoms with Gasteiger partial charge in [-0.05, 0) is 87.7 Å². The van der Waals surface area contributed by atoms with Crippen LogP contribution in [0.25, 0.3) is 0 Å². The molecule has 14 heteroatoms. The summed E-state index contributed by atoms with van der Waals surface area (Å²) >= 11 is 0. The molecule has 2 unspecified atom stereocenters. The molecule has 10 rings (SSSR count). The third kappa shape index (κ3) is 9.09. The van der Waals surface area contributed by atoms with Crippen LogP contribution < -0.4 is 5.32 Å². The van der Waals surface area contributed by atoms with Crippen molar-refractivity contribution in [3.8, 4) is 0 Å². The lowest BCUT2D eigenvalue weighted by molar-refractivity contribution is -0.369. The van der Waals surface area contributed by atoms with Crippen LogP contribution in [0.4, 0.5) is 0 Å². The number of hydrogen-bond donors (Lipinski definition) is 4. The molecular formula is C46H69NO13. The highest BCUT2D eigenvalue weighted by molar-refractivity contribution is 5.81. The van der Waals surface area contributed by atoms with Gasteiger partial charge < -0.3 is 58.5 Å². The van der Waals surface area contributed by atoms with Gasteiger partial charge in [0.25, 0.3) is 0 Å². The summed E-state index contributed by atoms with van der Waals surface area (Å²) in [5.74, 6) is -2.22. The smallest absolute Gasteiger partial charge is 0.249 e. The van der Waals surface area contributed by atoms with E-state index in [2.05, 4.69) is 18.5 Å². The van der Waals surface area contributed by atoms with Crippen molar-refractivity contribution in [3.05, 3.63) is 24.3 Å². The van der Waals surface area contributed by atoms with Crippen molar-refractivity contribution in [1.29, 1.82) is 0 Å². The first-order chi connectivity index (χ1) is 28.9. The highest BCUT2D eigenvalue weighted by Crippen LogP contribution is 2.54. The Hall–Kier alpha value is -1.82. The van der Waals surface area contributed by atoms with E-state index in [4.69, 9.17) is 37.9 Å². The molecule has 0 aromatic carbocycles. The maximum atomic E-state index is 14.3. The largest absolute Gasteiger partial charge is 0.393 e. The quantitative estimate of drug-likeness (QED) is 0.261. The number of carbonyl (C=O) groups excluding carboxylic acids is 2. The van der Waals surface area contributed by atoms with Gasteiger partial charge in [0.05, 0.1) is 79.4 Å². The molecule has 2 aliphatic carbocycles. The normalized spacial score (nSPS) is 46.9. The number of carbonyl (C=O) groups is 2. The van der Waals surface area contributed by atoms with Gasteiger partial charge in [0.1, 0.15) is 18.0 Å². The maximum absolute atomic E-state index is 14.3. The molecule has 14 nitrogen and oxygen atoms in total. The minimum atomic E-state index is -1.55. The third-order valence-electron chi connectivity index (χ3n) is 15.8. The predicted molar refractivity (Wildman–Crippen MR) is 215 cm³/mol. The third-order valence-corrected chi connectivity index (χ3v) is 15.8. The first-order valence-corrected chi connectivity index (χ1v) is 23.1. The van der Waals surface area contributed by atoms with Crippen molar-refractivity contribution in [3.63, 3.8) is 0 Å². The van der Waals surface area contributed by atoms with Crippen molar-refractivity contribution >= 4 is 11.7 Å². The van der Waals surface area contributed by atoms with E-state index in [0.29, 0.717) is 44.9 Å². The Morgan fingerprint density at radius 2 is 1.60 bits per heavy atom. The Balaban J connectivity index is 0.948. The van der Waals surface area contributed by atoms with Crippen molar-refractivity contribution in [2.75, 3.05) is 20.8 Å². The number of ketones is 1. The van der Waals surface area contributed by atoms with Crippen LogP contribution in [0.3, 0.4) is 0 Å². The van der Waals surface area contributed by atoms with Gasteiger partial charge in [0, 0.05) is 77.0 Å². The highest BCUT2D eigenvalue weighted by atomic mass is 16.7. The summed E-state index contributed by atoms with van der Waals surface area (Å²) in [7, 11) is 3.25. The fraction of sp³-hybridized carbons (Fsp3) is 0.870. The first kappa shape index (κ1) is 43.4. The predicted octanol–water partition coefficient (Wildman–Crippen LogP) is 3.60. The topological polar surface area (TPSA) is 181 Å². The molecule has 0 spiro atoms. The number of rotatable bonds is 8. The van der Waals surface area contributed by atoms with E-state index in [1.807, 2.05) is 0 Å².